The Hall–Kier alpha value is -0.830. The largest absolute Gasteiger partial charge is 0.329 e. The quantitative estimate of drug-likeness (QED) is 0.611. The van der Waals surface area contributed by atoms with Gasteiger partial charge in [-0.25, -0.2) is 0 Å². The molecule has 50 valence electrons. The number of nitrogens with zero attached hydrogens (tertiary/aromatic N) is 2. The highest BCUT2D eigenvalue weighted by Gasteiger charge is 1.89. The van der Waals surface area contributed by atoms with E-state index in [4.69, 9.17) is 5.73 Å². The van der Waals surface area contributed by atoms with Gasteiger partial charge in [0.05, 0.1) is 12.2 Å². The molecule has 0 bridgehead atoms. The Kier molecular flexibility index (Phi) is 1.85. The average Bonchev–Trinajstić information content (AvgIpc) is 2.17. The van der Waals surface area contributed by atoms with E-state index in [2.05, 4.69) is 5.10 Å². The van der Waals surface area contributed by atoms with Crippen LogP contribution in [0.15, 0.2) is 12.3 Å². The van der Waals surface area contributed by atoms with E-state index in [1.165, 1.54) is 0 Å². The Morgan fingerprint density at radius 2 is 2.56 bits per heavy atom. The van der Waals surface area contributed by atoms with Crippen molar-refractivity contribution in [2.24, 2.45) is 5.73 Å². The summed E-state index contributed by atoms with van der Waals surface area (Å²) in [5.74, 6) is 0. The van der Waals surface area contributed by atoms with Crippen LogP contribution in [0.25, 0.3) is 0 Å². The Balaban J connectivity index is 2.61. The molecular weight excluding hydrogens is 114 g/mol. The van der Waals surface area contributed by atoms with Crippen molar-refractivity contribution in [3.8, 4) is 0 Å². The number of hydrogen-bond donors (Lipinski definition) is 1. The lowest BCUT2D eigenvalue weighted by Gasteiger charge is -1.93. The van der Waals surface area contributed by atoms with Crippen LogP contribution < -0.4 is 5.73 Å². The second kappa shape index (κ2) is 2.64. The summed E-state index contributed by atoms with van der Waals surface area (Å²) < 4.78 is 1.84. The van der Waals surface area contributed by atoms with Gasteiger partial charge in [0.15, 0.2) is 0 Å². The first-order chi connectivity index (χ1) is 4.33. The normalized spacial score (nSPS) is 10.0. The molecule has 1 rings (SSSR count). The second-order valence-electron chi connectivity index (χ2n) is 2.01. The third kappa shape index (κ3) is 1.54. The van der Waals surface area contributed by atoms with Crippen LogP contribution in [-0.4, -0.2) is 16.3 Å². The molecule has 0 saturated heterocycles. The highest BCUT2D eigenvalue weighted by Crippen LogP contribution is 1.90. The van der Waals surface area contributed by atoms with E-state index >= 15 is 0 Å². The van der Waals surface area contributed by atoms with Crippen LogP contribution in [0.1, 0.15) is 5.69 Å². The molecule has 2 N–H and O–H groups in total. The molecule has 0 fully saturated rings. The van der Waals surface area contributed by atoms with Crippen molar-refractivity contribution >= 4 is 0 Å². The molecule has 0 aliphatic carbocycles. The second-order valence-corrected chi connectivity index (χ2v) is 2.01. The molecule has 3 nitrogen and oxygen atoms in total. The van der Waals surface area contributed by atoms with Crippen molar-refractivity contribution in [3.63, 3.8) is 0 Å². The highest BCUT2D eigenvalue weighted by atomic mass is 15.3. The van der Waals surface area contributed by atoms with Crippen molar-refractivity contribution in [2.45, 2.75) is 13.5 Å². The summed E-state index contributed by atoms with van der Waals surface area (Å²) in [7, 11) is 0. The monoisotopic (exact) mass is 125 g/mol. The number of aryl methyl sites for hydroxylation is 1. The zero-order chi connectivity index (χ0) is 6.69. The van der Waals surface area contributed by atoms with E-state index in [1.54, 1.807) is 0 Å². The molecule has 0 aliphatic rings. The summed E-state index contributed by atoms with van der Waals surface area (Å²) in [6.45, 7) is 3.43. The van der Waals surface area contributed by atoms with E-state index < -0.39 is 0 Å². The predicted octanol–water partition coefficient (Wildman–Crippen LogP) is 0.150. The number of rotatable bonds is 2. The minimum atomic E-state index is 0.654. The lowest BCUT2D eigenvalue weighted by molar-refractivity contribution is 0.620. The lowest BCUT2D eigenvalue weighted by Crippen LogP contribution is -2.09. The van der Waals surface area contributed by atoms with Gasteiger partial charge in [-0.2, -0.15) is 5.10 Å². The zero-order valence-corrected chi connectivity index (χ0v) is 5.54. The molecule has 0 spiro atoms. The van der Waals surface area contributed by atoms with Crippen LogP contribution in [0.3, 0.4) is 0 Å². The molecule has 0 aromatic carbocycles. The van der Waals surface area contributed by atoms with Gasteiger partial charge in [-0.1, -0.05) is 0 Å². The van der Waals surface area contributed by atoms with E-state index in [0.717, 1.165) is 12.2 Å². The van der Waals surface area contributed by atoms with E-state index in [-0.39, 0.29) is 0 Å². The molecule has 0 amide bonds. The molecule has 0 saturated carbocycles. The van der Waals surface area contributed by atoms with Gasteiger partial charge in [-0.3, -0.25) is 4.68 Å². The first-order valence-electron chi connectivity index (χ1n) is 3.03. The Morgan fingerprint density at radius 1 is 1.78 bits per heavy atom. The number of hydrogen-bond acceptors (Lipinski definition) is 2. The van der Waals surface area contributed by atoms with Gasteiger partial charge in [0.2, 0.25) is 0 Å². The van der Waals surface area contributed by atoms with Gasteiger partial charge < -0.3 is 5.73 Å². The van der Waals surface area contributed by atoms with Gasteiger partial charge in [0.25, 0.3) is 0 Å². The maximum absolute atomic E-state index is 5.31. The fourth-order valence-corrected chi connectivity index (χ4v) is 0.720. The topological polar surface area (TPSA) is 43.8 Å². The lowest BCUT2D eigenvalue weighted by atomic mass is 10.5. The van der Waals surface area contributed by atoms with Gasteiger partial charge in [0, 0.05) is 12.7 Å². The number of nitrogens with two attached hydrogens (primary N) is 1. The van der Waals surface area contributed by atoms with Crippen molar-refractivity contribution < 1.29 is 0 Å². The minimum Gasteiger partial charge on any atom is -0.329 e. The minimum absolute atomic E-state index is 0.654. The zero-order valence-electron chi connectivity index (χ0n) is 5.54. The van der Waals surface area contributed by atoms with Crippen LogP contribution in [0, 0.1) is 6.92 Å². The first kappa shape index (κ1) is 6.29. The fraction of sp³-hybridized carbons (Fsp3) is 0.500. The molecule has 3 heteroatoms. The standard InChI is InChI=1S/C6H11N3/c1-6-2-4-9(8-6)5-3-7/h2,4H,3,5,7H2,1H3. The molecule has 0 radical (unpaired) electrons. The van der Waals surface area contributed by atoms with Crippen molar-refractivity contribution in [1.82, 2.24) is 9.78 Å². The Labute approximate surface area is 54.5 Å². The molecular formula is C6H11N3. The van der Waals surface area contributed by atoms with Crippen LogP contribution in [-0.2, 0) is 6.54 Å². The van der Waals surface area contributed by atoms with Crippen LogP contribution in [0.2, 0.25) is 0 Å². The average molecular weight is 125 g/mol. The SMILES string of the molecule is Cc1ccn(CCN)n1. The Morgan fingerprint density at radius 3 is 3.00 bits per heavy atom. The van der Waals surface area contributed by atoms with Gasteiger partial charge >= 0.3 is 0 Å². The molecule has 1 heterocycles. The van der Waals surface area contributed by atoms with Crippen LogP contribution >= 0.6 is 0 Å². The fourth-order valence-electron chi connectivity index (χ4n) is 0.720. The predicted molar refractivity (Wildman–Crippen MR) is 36.0 cm³/mol. The van der Waals surface area contributed by atoms with Crippen LogP contribution in [0.5, 0.6) is 0 Å². The summed E-state index contributed by atoms with van der Waals surface area (Å²) in [5, 5.41) is 4.14. The molecule has 9 heavy (non-hydrogen) atoms. The van der Waals surface area contributed by atoms with E-state index in [9.17, 15) is 0 Å². The summed E-state index contributed by atoms with van der Waals surface area (Å²) in [6.07, 6.45) is 1.93. The third-order valence-electron chi connectivity index (χ3n) is 1.13. The third-order valence-corrected chi connectivity index (χ3v) is 1.13. The summed E-state index contributed by atoms with van der Waals surface area (Å²) >= 11 is 0. The molecule has 1 aromatic rings. The number of aromatic nitrogens is 2. The van der Waals surface area contributed by atoms with Crippen molar-refractivity contribution in [2.75, 3.05) is 6.54 Å². The highest BCUT2D eigenvalue weighted by molar-refractivity contribution is 4.94. The summed E-state index contributed by atoms with van der Waals surface area (Å²) in [6, 6.07) is 1.97. The van der Waals surface area contributed by atoms with E-state index in [0.29, 0.717) is 6.54 Å². The van der Waals surface area contributed by atoms with Gasteiger partial charge in [0.1, 0.15) is 0 Å². The maximum Gasteiger partial charge on any atom is 0.0593 e. The smallest absolute Gasteiger partial charge is 0.0593 e. The maximum atomic E-state index is 5.31. The summed E-state index contributed by atoms with van der Waals surface area (Å²) in [4.78, 5) is 0. The van der Waals surface area contributed by atoms with Crippen molar-refractivity contribution in [1.29, 1.82) is 0 Å². The van der Waals surface area contributed by atoms with Gasteiger partial charge in [-0.15, -0.1) is 0 Å². The van der Waals surface area contributed by atoms with Crippen molar-refractivity contribution in [3.05, 3.63) is 18.0 Å². The van der Waals surface area contributed by atoms with E-state index in [1.807, 2.05) is 23.9 Å². The molecule has 0 atom stereocenters. The Bertz CT molecular complexity index is 180. The van der Waals surface area contributed by atoms with Crippen LogP contribution in [0.4, 0.5) is 0 Å². The van der Waals surface area contributed by atoms with Gasteiger partial charge in [-0.05, 0) is 13.0 Å². The summed E-state index contributed by atoms with van der Waals surface area (Å²) in [5.41, 5.74) is 6.35. The molecule has 1 aromatic heterocycles. The molecule has 0 unspecified atom stereocenters. The first-order valence-corrected chi connectivity index (χ1v) is 3.03. The molecule has 0 aliphatic heterocycles.